The fraction of sp³-hybridized carbons (Fsp3) is 0.214. The predicted octanol–water partition coefficient (Wildman–Crippen LogP) is 3.56. The van der Waals surface area contributed by atoms with Crippen molar-refractivity contribution < 1.29 is 13.5 Å². The molecule has 0 unspecified atom stereocenters. The van der Waals surface area contributed by atoms with Crippen LogP contribution in [0.4, 0.5) is 8.78 Å². The van der Waals surface area contributed by atoms with Crippen LogP contribution in [0, 0.1) is 11.6 Å². The second-order valence-electron chi connectivity index (χ2n) is 4.14. The van der Waals surface area contributed by atoms with Gasteiger partial charge in [-0.3, -0.25) is 4.98 Å². The molecule has 0 bridgehead atoms. The molecule has 2 rings (SSSR count). The van der Waals surface area contributed by atoms with Gasteiger partial charge in [0.2, 0.25) is 0 Å². The summed E-state index contributed by atoms with van der Waals surface area (Å²) < 4.78 is 31.3. The first-order valence-electron chi connectivity index (χ1n) is 5.94. The molecule has 0 saturated carbocycles. The van der Waals surface area contributed by atoms with Crippen molar-refractivity contribution in [2.24, 2.45) is 5.73 Å². The van der Waals surface area contributed by atoms with Crippen molar-refractivity contribution in [1.82, 2.24) is 4.98 Å². The van der Waals surface area contributed by atoms with Gasteiger partial charge in [0.05, 0.1) is 11.9 Å². The molecule has 0 aliphatic rings. The van der Waals surface area contributed by atoms with Crippen LogP contribution in [0.3, 0.4) is 0 Å². The maximum atomic E-state index is 13.0. The van der Waals surface area contributed by atoms with Gasteiger partial charge < -0.3 is 10.5 Å². The molecule has 5 heteroatoms. The lowest BCUT2D eigenvalue weighted by atomic mass is 10.1. The number of nitrogens with zero attached hydrogens (tertiary/aromatic N) is 1. The fourth-order valence-corrected chi connectivity index (χ4v) is 1.60. The zero-order chi connectivity index (χ0) is 13.8. The van der Waals surface area contributed by atoms with Gasteiger partial charge in [-0.05, 0) is 18.6 Å². The van der Waals surface area contributed by atoms with Gasteiger partial charge in [-0.15, -0.1) is 0 Å². The Hall–Kier alpha value is -2.01. The highest BCUT2D eigenvalue weighted by atomic mass is 19.1. The molecule has 1 heterocycles. The summed E-state index contributed by atoms with van der Waals surface area (Å²) >= 11 is 0. The monoisotopic (exact) mass is 264 g/mol. The molecule has 0 saturated heterocycles. The second kappa shape index (κ2) is 5.75. The largest absolute Gasteiger partial charge is 0.456 e. The maximum absolute atomic E-state index is 13.0. The minimum atomic E-state index is -0.687. The number of aromatic nitrogens is 1. The van der Waals surface area contributed by atoms with E-state index in [1.54, 1.807) is 12.1 Å². The third kappa shape index (κ3) is 3.48. The minimum absolute atomic E-state index is 0.0897. The summed E-state index contributed by atoms with van der Waals surface area (Å²) in [5.41, 5.74) is 6.58. The Balaban J connectivity index is 2.15. The number of halogens is 2. The Morgan fingerprint density at radius 2 is 1.84 bits per heavy atom. The lowest BCUT2D eigenvalue weighted by Crippen LogP contribution is -2.10. The summed E-state index contributed by atoms with van der Waals surface area (Å²) in [5.74, 6) is -0.885. The molecule has 3 nitrogen and oxygen atoms in total. The summed E-state index contributed by atoms with van der Waals surface area (Å²) in [5, 5.41) is 0. The van der Waals surface area contributed by atoms with Crippen molar-refractivity contribution in [3.05, 3.63) is 53.9 Å². The van der Waals surface area contributed by atoms with Crippen LogP contribution in [-0.4, -0.2) is 4.98 Å². The quantitative estimate of drug-likeness (QED) is 0.918. The Morgan fingerprint density at radius 1 is 1.16 bits per heavy atom. The number of benzene rings is 1. The number of hydrogen-bond acceptors (Lipinski definition) is 3. The molecular formula is C14H14F2N2O. The van der Waals surface area contributed by atoms with Gasteiger partial charge in [-0.2, -0.15) is 0 Å². The Kier molecular flexibility index (Phi) is 4.06. The van der Waals surface area contributed by atoms with Crippen molar-refractivity contribution in [1.29, 1.82) is 0 Å². The predicted molar refractivity (Wildman–Crippen MR) is 67.9 cm³/mol. The summed E-state index contributed by atoms with van der Waals surface area (Å²) in [6.45, 7) is 1.96. The van der Waals surface area contributed by atoms with Crippen LogP contribution in [0.15, 0.2) is 36.5 Å². The van der Waals surface area contributed by atoms with Crippen LogP contribution in [0.2, 0.25) is 0 Å². The van der Waals surface area contributed by atoms with Crippen LogP contribution in [0.1, 0.15) is 25.1 Å². The number of rotatable bonds is 4. The molecule has 19 heavy (non-hydrogen) atoms. The van der Waals surface area contributed by atoms with E-state index >= 15 is 0 Å². The van der Waals surface area contributed by atoms with Crippen LogP contribution in [-0.2, 0) is 0 Å². The molecule has 1 aromatic heterocycles. The van der Waals surface area contributed by atoms with Crippen molar-refractivity contribution in [3.63, 3.8) is 0 Å². The summed E-state index contributed by atoms with van der Waals surface area (Å²) in [6.07, 6.45) is 2.26. The molecule has 2 N–H and O–H groups in total. The van der Waals surface area contributed by atoms with Crippen LogP contribution >= 0.6 is 0 Å². The third-order valence-electron chi connectivity index (χ3n) is 2.65. The molecule has 0 spiro atoms. The Morgan fingerprint density at radius 3 is 2.37 bits per heavy atom. The summed E-state index contributed by atoms with van der Waals surface area (Å²) in [7, 11) is 0. The molecule has 2 aromatic rings. The van der Waals surface area contributed by atoms with E-state index in [1.807, 2.05) is 6.92 Å². The van der Waals surface area contributed by atoms with E-state index in [1.165, 1.54) is 6.20 Å². The SMILES string of the molecule is CC[C@H](N)c1ccc(Oc2cc(F)cc(F)c2)cn1. The Bertz CT molecular complexity index is 538. The van der Waals surface area contributed by atoms with E-state index in [0.717, 1.165) is 30.3 Å². The normalized spacial score (nSPS) is 12.2. The topological polar surface area (TPSA) is 48.1 Å². The molecular weight excluding hydrogens is 250 g/mol. The number of nitrogens with two attached hydrogens (primary N) is 1. The Labute approximate surface area is 110 Å². The van der Waals surface area contributed by atoms with E-state index in [-0.39, 0.29) is 11.8 Å². The van der Waals surface area contributed by atoms with Crippen LogP contribution in [0.5, 0.6) is 11.5 Å². The zero-order valence-corrected chi connectivity index (χ0v) is 10.4. The van der Waals surface area contributed by atoms with Crippen molar-refractivity contribution in [3.8, 4) is 11.5 Å². The highest BCUT2D eigenvalue weighted by Crippen LogP contribution is 2.23. The maximum Gasteiger partial charge on any atom is 0.145 e. The third-order valence-corrected chi connectivity index (χ3v) is 2.65. The summed E-state index contributed by atoms with van der Waals surface area (Å²) in [4.78, 5) is 4.15. The highest BCUT2D eigenvalue weighted by Gasteiger charge is 2.06. The van der Waals surface area contributed by atoms with Gasteiger partial charge in [-0.1, -0.05) is 6.92 Å². The second-order valence-corrected chi connectivity index (χ2v) is 4.14. The molecule has 1 atom stereocenters. The van der Waals surface area contributed by atoms with E-state index in [4.69, 9.17) is 10.5 Å². The van der Waals surface area contributed by atoms with Gasteiger partial charge >= 0.3 is 0 Å². The smallest absolute Gasteiger partial charge is 0.145 e. The number of hydrogen-bond donors (Lipinski definition) is 1. The van der Waals surface area contributed by atoms with Crippen molar-refractivity contribution in [2.45, 2.75) is 19.4 Å². The molecule has 0 radical (unpaired) electrons. The zero-order valence-electron chi connectivity index (χ0n) is 10.4. The van der Waals surface area contributed by atoms with Gasteiger partial charge in [0.1, 0.15) is 23.1 Å². The van der Waals surface area contributed by atoms with E-state index in [0.29, 0.717) is 5.75 Å². The molecule has 100 valence electrons. The molecule has 0 amide bonds. The van der Waals surface area contributed by atoms with E-state index in [9.17, 15) is 8.78 Å². The standard InChI is InChI=1S/C14H14F2N2O/c1-2-13(17)14-4-3-11(8-18-14)19-12-6-9(15)5-10(16)7-12/h3-8,13H,2,17H2,1H3/t13-/m0/s1. The van der Waals surface area contributed by atoms with Gasteiger partial charge in [0.25, 0.3) is 0 Å². The first-order valence-corrected chi connectivity index (χ1v) is 5.94. The molecule has 0 aliphatic heterocycles. The van der Waals surface area contributed by atoms with Crippen molar-refractivity contribution in [2.75, 3.05) is 0 Å². The van der Waals surface area contributed by atoms with Crippen LogP contribution in [0.25, 0.3) is 0 Å². The highest BCUT2D eigenvalue weighted by molar-refractivity contribution is 5.31. The van der Waals surface area contributed by atoms with Crippen molar-refractivity contribution >= 4 is 0 Å². The van der Waals surface area contributed by atoms with E-state index < -0.39 is 11.6 Å². The first-order chi connectivity index (χ1) is 9.08. The van der Waals surface area contributed by atoms with Gasteiger partial charge in [0.15, 0.2) is 0 Å². The average molecular weight is 264 g/mol. The average Bonchev–Trinajstić information content (AvgIpc) is 2.37. The first kappa shape index (κ1) is 13.4. The van der Waals surface area contributed by atoms with Gasteiger partial charge in [-0.25, -0.2) is 8.78 Å². The molecule has 0 fully saturated rings. The molecule has 1 aromatic carbocycles. The lowest BCUT2D eigenvalue weighted by Gasteiger charge is -2.09. The molecule has 0 aliphatic carbocycles. The number of ether oxygens (including phenoxy) is 1. The lowest BCUT2D eigenvalue weighted by molar-refractivity contribution is 0.465. The van der Waals surface area contributed by atoms with Crippen LogP contribution < -0.4 is 10.5 Å². The number of pyridine rings is 1. The van der Waals surface area contributed by atoms with E-state index in [2.05, 4.69) is 4.98 Å². The minimum Gasteiger partial charge on any atom is -0.456 e. The van der Waals surface area contributed by atoms with Gasteiger partial charge in [0, 0.05) is 24.2 Å². The summed E-state index contributed by atoms with van der Waals surface area (Å²) in [6, 6.07) is 6.28. The fourth-order valence-electron chi connectivity index (χ4n) is 1.60.